The van der Waals surface area contributed by atoms with Crippen LogP contribution in [-0.4, -0.2) is 54.5 Å². The fraction of sp³-hybridized carbons (Fsp3) is 0.591. The quantitative estimate of drug-likeness (QED) is 0.769. The Bertz CT molecular complexity index is 769. The molecule has 7 heteroatoms. The van der Waals surface area contributed by atoms with Crippen molar-refractivity contribution < 1.29 is 19.1 Å². The van der Waals surface area contributed by atoms with Crippen LogP contribution >= 0.6 is 0 Å². The summed E-state index contributed by atoms with van der Waals surface area (Å²) in [6.45, 7) is 1.68. The third-order valence-electron chi connectivity index (χ3n) is 6.24. The van der Waals surface area contributed by atoms with Gasteiger partial charge >= 0.3 is 0 Å². The number of carbonyl (C=O) groups is 3. The molecule has 0 aromatic heterocycles. The number of rotatable bonds is 6. The van der Waals surface area contributed by atoms with Crippen molar-refractivity contribution >= 4 is 23.4 Å². The van der Waals surface area contributed by atoms with Crippen LogP contribution in [0.3, 0.4) is 0 Å². The van der Waals surface area contributed by atoms with Crippen LogP contribution in [-0.2, 0) is 14.3 Å². The number of anilines is 1. The van der Waals surface area contributed by atoms with Crippen LogP contribution in [0.1, 0.15) is 55.3 Å². The molecule has 1 aliphatic carbocycles. The number of nitrogens with zero attached hydrogens (tertiary/aromatic N) is 1. The fourth-order valence-corrected chi connectivity index (χ4v) is 4.61. The molecule has 4 rings (SSSR count). The van der Waals surface area contributed by atoms with Gasteiger partial charge < -0.3 is 20.3 Å². The first-order valence-electron chi connectivity index (χ1n) is 10.7. The number of amides is 3. The van der Waals surface area contributed by atoms with Gasteiger partial charge in [0.1, 0.15) is 0 Å². The maximum Gasteiger partial charge on any atom is 0.253 e. The minimum atomic E-state index is -0.369. The summed E-state index contributed by atoms with van der Waals surface area (Å²) in [5.41, 5.74) is 0.907. The Balaban J connectivity index is 1.37. The Morgan fingerprint density at radius 1 is 1.10 bits per heavy atom. The lowest BCUT2D eigenvalue weighted by molar-refractivity contribution is -0.129. The van der Waals surface area contributed by atoms with Crippen LogP contribution in [0.15, 0.2) is 24.3 Å². The molecule has 2 N–H and O–H groups in total. The Morgan fingerprint density at radius 2 is 1.90 bits per heavy atom. The normalized spacial score (nSPS) is 24.8. The minimum Gasteiger partial charge on any atom is -0.376 e. The minimum absolute atomic E-state index is 0.0618. The van der Waals surface area contributed by atoms with Gasteiger partial charge in [-0.25, -0.2) is 0 Å². The Labute approximate surface area is 171 Å². The van der Waals surface area contributed by atoms with Crippen molar-refractivity contribution in [3.63, 3.8) is 0 Å². The highest BCUT2D eigenvalue weighted by atomic mass is 16.5. The van der Waals surface area contributed by atoms with E-state index < -0.39 is 0 Å². The molecule has 0 unspecified atom stereocenters. The number of hydrogen-bond acceptors (Lipinski definition) is 4. The van der Waals surface area contributed by atoms with Crippen LogP contribution in [0.4, 0.5) is 5.69 Å². The molecule has 2 atom stereocenters. The number of benzene rings is 1. The summed E-state index contributed by atoms with van der Waals surface area (Å²) in [5.74, 6) is -0.726. The first kappa shape index (κ1) is 19.9. The van der Waals surface area contributed by atoms with Gasteiger partial charge in [0.05, 0.1) is 23.3 Å². The zero-order valence-electron chi connectivity index (χ0n) is 16.7. The first-order valence-corrected chi connectivity index (χ1v) is 10.7. The van der Waals surface area contributed by atoms with Gasteiger partial charge in [-0.15, -0.1) is 0 Å². The van der Waals surface area contributed by atoms with Crippen molar-refractivity contribution in [2.45, 2.75) is 57.1 Å². The van der Waals surface area contributed by atoms with Crippen molar-refractivity contribution in [3.8, 4) is 0 Å². The largest absolute Gasteiger partial charge is 0.376 e. The third-order valence-corrected chi connectivity index (χ3v) is 6.24. The molecule has 2 saturated heterocycles. The van der Waals surface area contributed by atoms with Crippen LogP contribution in [0, 0.1) is 5.92 Å². The van der Waals surface area contributed by atoms with Crippen LogP contribution in [0.25, 0.3) is 0 Å². The molecule has 1 saturated carbocycles. The molecule has 0 radical (unpaired) electrons. The molecule has 1 aromatic rings. The van der Waals surface area contributed by atoms with E-state index in [0.29, 0.717) is 24.3 Å². The highest BCUT2D eigenvalue weighted by Crippen LogP contribution is 2.30. The summed E-state index contributed by atoms with van der Waals surface area (Å²) in [5, 5.41) is 5.78. The molecule has 3 amide bonds. The predicted molar refractivity (Wildman–Crippen MR) is 108 cm³/mol. The second kappa shape index (κ2) is 8.95. The van der Waals surface area contributed by atoms with Crippen molar-refractivity contribution in [3.05, 3.63) is 29.8 Å². The van der Waals surface area contributed by atoms with Gasteiger partial charge in [0, 0.05) is 32.2 Å². The van der Waals surface area contributed by atoms with Crippen LogP contribution < -0.4 is 10.6 Å². The molecule has 0 bridgehead atoms. The average molecular weight is 399 g/mol. The van der Waals surface area contributed by atoms with Crippen LogP contribution in [0.2, 0.25) is 0 Å². The zero-order valence-corrected chi connectivity index (χ0v) is 16.7. The summed E-state index contributed by atoms with van der Waals surface area (Å²) >= 11 is 0. The van der Waals surface area contributed by atoms with Crippen molar-refractivity contribution in [2.75, 3.05) is 25.0 Å². The van der Waals surface area contributed by atoms with Gasteiger partial charge in [-0.05, 0) is 37.8 Å². The summed E-state index contributed by atoms with van der Waals surface area (Å²) in [4.78, 5) is 39.7. The third kappa shape index (κ3) is 4.61. The van der Waals surface area contributed by atoms with Gasteiger partial charge in [0.15, 0.2) is 0 Å². The molecule has 2 aliphatic heterocycles. The number of carbonyl (C=O) groups excluding carboxylic acids is 3. The summed E-state index contributed by atoms with van der Waals surface area (Å²) in [6, 6.07) is 7.28. The van der Waals surface area contributed by atoms with Gasteiger partial charge in [0.2, 0.25) is 11.8 Å². The lowest BCUT2D eigenvalue weighted by atomic mass is 10.1. The predicted octanol–water partition coefficient (Wildman–Crippen LogP) is 2.33. The molecule has 2 heterocycles. The molecule has 0 spiro atoms. The van der Waals surface area contributed by atoms with E-state index in [1.54, 1.807) is 24.3 Å². The highest BCUT2D eigenvalue weighted by Gasteiger charge is 2.38. The van der Waals surface area contributed by atoms with Crippen molar-refractivity contribution in [1.29, 1.82) is 0 Å². The SMILES string of the molecule is O=C(NC[C@H]1CCCO1)c1ccccc1NC(=O)[C@@H]1CC(=O)N(C2CCCC2)C1. The summed E-state index contributed by atoms with van der Waals surface area (Å²) in [7, 11) is 0. The van der Waals surface area contributed by atoms with E-state index in [1.165, 1.54) is 0 Å². The molecule has 1 aromatic carbocycles. The van der Waals surface area contributed by atoms with E-state index in [-0.39, 0.29) is 42.2 Å². The molecule has 3 fully saturated rings. The number of hydrogen-bond donors (Lipinski definition) is 2. The van der Waals surface area contributed by atoms with Gasteiger partial charge in [0.25, 0.3) is 5.91 Å². The molecule has 3 aliphatic rings. The highest BCUT2D eigenvalue weighted by molar-refractivity contribution is 6.05. The van der Waals surface area contributed by atoms with E-state index in [9.17, 15) is 14.4 Å². The van der Waals surface area contributed by atoms with Gasteiger partial charge in [-0.2, -0.15) is 0 Å². The Hall–Kier alpha value is -2.41. The average Bonchev–Trinajstić information content (AvgIpc) is 3.48. The fourth-order valence-electron chi connectivity index (χ4n) is 4.61. The standard InChI is InChI=1S/C22H29N3O4/c26-20-12-15(14-25(20)16-6-1-2-7-16)21(27)24-19-10-4-3-9-18(19)22(28)23-13-17-8-5-11-29-17/h3-4,9-10,15-17H,1-2,5-8,11-14H2,(H,23,28)(H,24,27)/t15-,17-/m1/s1. The Morgan fingerprint density at radius 3 is 2.66 bits per heavy atom. The first-order chi connectivity index (χ1) is 14.1. The smallest absolute Gasteiger partial charge is 0.253 e. The topological polar surface area (TPSA) is 87.7 Å². The van der Waals surface area contributed by atoms with Gasteiger partial charge in [-0.1, -0.05) is 25.0 Å². The maximum atomic E-state index is 12.8. The Kier molecular flexibility index (Phi) is 6.13. The van der Waals surface area contributed by atoms with E-state index in [1.807, 2.05) is 4.90 Å². The zero-order chi connectivity index (χ0) is 20.2. The molecule has 29 heavy (non-hydrogen) atoms. The van der Waals surface area contributed by atoms with E-state index in [0.717, 1.165) is 45.1 Å². The molecule has 156 valence electrons. The second-order valence-electron chi connectivity index (χ2n) is 8.27. The van der Waals surface area contributed by atoms with Crippen molar-refractivity contribution in [1.82, 2.24) is 10.2 Å². The summed E-state index contributed by atoms with van der Waals surface area (Å²) in [6.07, 6.45) is 6.65. The maximum absolute atomic E-state index is 12.8. The van der Waals surface area contributed by atoms with E-state index in [2.05, 4.69) is 10.6 Å². The summed E-state index contributed by atoms with van der Waals surface area (Å²) < 4.78 is 5.54. The lowest BCUT2D eigenvalue weighted by Crippen LogP contribution is -2.36. The lowest BCUT2D eigenvalue weighted by Gasteiger charge is -2.24. The van der Waals surface area contributed by atoms with Crippen LogP contribution in [0.5, 0.6) is 0 Å². The van der Waals surface area contributed by atoms with Crippen molar-refractivity contribution in [2.24, 2.45) is 5.92 Å². The molecular weight excluding hydrogens is 370 g/mol. The second-order valence-corrected chi connectivity index (χ2v) is 8.27. The van der Waals surface area contributed by atoms with Gasteiger partial charge in [-0.3, -0.25) is 14.4 Å². The molecular formula is C22H29N3O4. The number of para-hydroxylation sites is 1. The monoisotopic (exact) mass is 399 g/mol. The van der Waals surface area contributed by atoms with E-state index >= 15 is 0 Å². The number of ether oxygens (including phenoxy) is 1. The van der Waals surface area contributed by atoms with E-state index in [4.69, 9.17) is 4.74 Å². The number of nitrogens with one attached hydrogen (secondary N) is 2. The molecule has 7 nitrogen and oxygen atoms in total. The number of likely N-dealkylation sites (tertiary alicyclic amines) is 1.